The topological polar surface area (TPSA) is 63.4 Å². The quantitative estimate of drug-likeness (QED) is 0.822. The van der Waals surface area contributed by atoms with E-state index in [0.29, 0.717) is 23.6 Å². The second-order valence-electron chi connectivity index (χ2n) is 5.16. The fourth-order valence-corrected chi connectivity index (χ4v) is 2.32. The number of hydrogen-bond acceptors (Lipinski definition) is 3. The van der Waals surface area contributed by atoms with Crippen molar-refractivity contribution in [3.63, 3.8) is 0 Å². The van der Waals surface area contributed by atoms with E-state index in [1.807, 2.05) is 0 Å². The molecule has 2 amide bonds. The number of imide groups is 1. The van der Waals surface area contributed by atoms with E-state index in [-0.39, 0.29) is 17.9 Å². The number of amides is 2. The molecule has 1 aromatic rings. The Balaban J connectivity index is 2.14. The lowest BCUT2D eigenvalue weighted by molar-refractivity contribution is 0.0641. The molecule has 2 N–H and O–H groups in total. The summed E-state index contributed by atoms with van der Waals surface area (Å²) in [5.74, 6) is -0.000190. The van der Waals surface area contributed by atoms with Crippen LogP contribution in [0.25, 0.3) is 0 Å². The van der Waals surface area contributed by atoms with Crippen molar-refractivity contribution in [2.75, 3.05) is 6.54 Å². The number of carbonyl (C=O) groups is 2. The van der Waals surface area contributed by atoms with Gasteiger partial charge in [0.1, 0.15) is 0 Å². The number of benzene rings is 1. The predicted octanol–water partition coefficient (Wildman–Crippen LogP) is 1.66. The highest BCUT2D eigenvalue weighted by atomic mass is 16.2. The minimum absolute atomic E-state index is 0.160. The first-order valence-corrected chi connectivity index (χ1v) is 6.21. The van der Waals surface area contributed by atoms with E-state index in [9.17, 15) is 9.59 Å². The van der Waals surface area contributed by atoms with Gasteiger partial charge in [-0.1, -0.05) is 26.0 Å². The molecule has 0 bridgehead atoms. The van der Waals surface area contributed by atoms with Gasteiger partial charge in [-0.15, -0.1) is 0 Å². The first-order chi connectivity index (χ1) is 8.50. The Morgan fingerprint density at radius 1 is 1.11 bits per heavy atom. The predicted molar refractivity (Wildman–Crippen MR) is 69.2 cm³/mol. The molecule has 0 radical (unpaired) electrons. The molecule has 18 heavy (non-hydrogen) atoms. The van der Waals surface area contributed by atoms with E-state index in [4.69, 9.17) is 5.73 Å². The van der Waals surface area contributed by atoms with Crippen LogP contribution in [0.3, 0.4) is 0 Å². The van der Waals surface area contributed by atoms with Gasteiger partial charge in [0, 0.05) is 12.6 Å². The van der Waals surface area contributed by atoms with Gasteiger partial charge in [0.25, 0.3) is 11.8 Å². The maximum atomic E-state index is 12.1. The van der Waals surface area contributed by atoms with Crippen LogP contribution in [-0.4, -0.2) is 29.3 Å². The van der Waals surface area contributed by atoms with E-state index in [1.165, 1.54) is 4.90 Å². The van der Waals surface area contributed by atoms with Gasteiger partial charge in [0.2, 0.25) is 0 Å². The molecule has 0 saturated carbocycles. The molecular weight excluding hydrogens is 228 g/mol. The lowest BCUT2D eigenvalue weighted by atomic mass is 10.0. The normalized spacial score (nSPS) is 16.3. The van der Waals surface area contributed by atoms with Gasteiger partial charge in [-0.3, -0.25) is 14.5 Å². The number of fused-ring (bicyclic) bond motifs is 1. The summed E-state index contributed by atoms with van der Waals surface area (Å²) in [5.41, 5.74) is 6.94. The highest BCUT2D eigenvalue weighted by molar-refractivity contribution is 6.21. The van der Waals surface area contributed by atoms with Crippen LogP contribution >= 0.6 is 0 Å². The minimum atomic E-state index is -0.227. The Morgan fingerprint density at radius 2 is 1.61 bits per heavy atom. The van der Waals surface area contributed by atoms with Crippen LogP contribution in [0, 0.1) is 5.92 Å². The van der Waals surface area contributed by atoms with Crippen LogP contribution in [-0.2, 0) is 0 Å². The summed E-state index contributed by atoms with van der Waals surface area (Å²) in [4.78, 5) is 25.4. The van der Waals surface area contributed by atoms with Crippen molar-refractivity contribution in [3.8, 4) is 0 Å². The monoisotopic (exact) mass is 246 g/mol. The summed E-state index contributed by atoms with van der Waals surface area (Å²) in [6.45, 7) is 4.44. The lowest BCUT2D eigenvalue weighted by Crippen LogP contribution is -2.41. The lowest BCUT2D eigenvalue weighted by Gasteiger charge is -2.20. The summed E-state index contributed by atoms with van der Waals surface area (Å²) in [7, 11) is 0. The van der Waals surface area contributed by atoms with E-state index in [1.54, 1.807) is 24.3 Å². The largest absolute Gasteiger partial charge is 0.326 e. The SMILES string of the molecule is CC(C)C[C@@H](N)CN1C(=O)c2ccccc2C1=O. The average Bonchev–Trinajstić information content (AvgIpc) is 2.54. The van der Waals surface area contributed by atoms with Crippen LogP contribution in [0.4, 0.5) is 0 Å². The average molecular weight is 246 g/mol. The smallest absolute Gasteiger partial charge is 0.261 e. The Morgan fingerprint density at radius 3 is 2.06 bits per heavy atom. The number of nitrogens with two attached hydrogens (primary N) is 1. The maximum Gasteiger partial charge on any atom is 0.261 e. The number of rotatable bonds is 4. The highest BCUT2D eigenvalue weighted by Gasteiger charge is 2.35. The summed E-state index contributed by atoms with van der Waals surface area (Å²) >= 11 is 0. The molecule has 4 heteroatoms. The fourth-order valence-electron chi connectivity index (χ4n) is 2.32. The van der Waals surface area contributed by atoms with Crippen molar-refractivity contribution in [2.24, 2.45) is 11.7 Å². The number of nitrogens with zero attached hydrogens (tertiary/aromatic N) is 1. The van der Waals surface area contributed by atoms with Gasteiger partial charge >= 0.3 is 0 Å². The molecule has 0 spiro atoms. The van der Waals surface area contributed by atoms with Crippen molar-refractivity contribution in [1.82, 2.24) is 4.90 Å². The molecule has 0 saturated heterocycles. The van der Waals surface area contributed by atoms with Crippen molar-refractivity contribution in [3.05, 3.63) is 35.4 Å². The van der Waals surface area contributed by atoms with Gasteiger partial charge in [-0.2, -0.15) is 0 Å². The zero-order chi connectivity index (χ0) is 13.3. The zero-order valence-corrected chi connectivity index (χ0v) is 10.7. The van der Waals surface area contributed by atoms with E-state index >= 15 is 0 Å². The van der Waals surface area contributed by atoms with Crippen LogP contribution in [0.5, 0.6) is 0 Å². The molecule has 2 rings (SSSR count). The molecule has 1 heterocycles. The first-order valence-electron chi connectivity index (χ1n) is 6.21. The molecule has 1 aliphatic rings. The van der Waals surface area contributed by atoms with Gasteiger partial charge in [0.15, 0.2) is 0 Å². The minimum Gasteiger partial charge on any atom is -0.326 e. The summed E-state index contributed by atoms with van der Waals surface area (Å²) in [6.07, 6.45) is 0.799. The maximum absolute atomic E-state index is 12.1. The van der Waals surface area contributed by atoms with Crippen molar-refractivity contribution < 1.29 is 9.59 Å². The third-order valence-electron chi connectivity index (χ3n) is 3.07. The molecule has 96 valence electrons. The van der Waals surface area contributed by atoms with Crippen LogP contribution < -0.4 is 5.73 Å². The van der Waals surface area contributed by atoms with E-state index in [2.05, 4.69) is 13.8 Å². The second-order valence-corrected chi connectivity index (χ2v) is 5.16. The molecule has 0 aliphatic carbocycles. The summed E-state index contributed by atoms with van der Waals surface area (Å²) in [5, 5.41) is 0. The van der Waals surface area contributed by atoms with Crippen molar-refractivity contribution >= 4 is 11.8 Å². The summed E-state index contributed by atoms with van der Waals surface area (Å²) < 4.78 is 0. The Hall–Kier alpha value is -1.68. The van der Waals surface area contributed by atoms with E-state index in [0.717, 1.165) is 6.42 Å². The van der Waals surface area contributed by atoms with Crippen LogP contribution in [0.15, 0.2) is 24.3 Å². The molecule has 1 atom stereocenters. The highest BCUT2D eigenvalue weighted by Crippen LogP contribution is 2.22. The number of hydrogen-bond donors (Lipinski definition) is 1. The third kappa shape index (κ3) is 2.29. The van der Waals surface area contributed by atoms with Gasteiger partial charge in [-0.05, 0) is 24.5 Å². The number of carbonyl (C=O) groups excluding carboxylic acids is 2. The van der Waals surface area contributed by atoms with Crippen LogP contribution in [0.2, 0.25) is 0 Å². The molecular formula is C14H18N2O2. The first kappa shape index (κ1) is 12.8. The molecule has 1 aliphatic heterocycles. The second kappa shape index (κ2) is 4.90. The molecule has 0 unspecified atom stereocenters. The van der Waals surface area contributed by atoms with Crippen molar-refractivity contribution in [1.29, 1.82) is 0 Å². The Bertz CT molecular complexity index is 447. The Kier molecular flexibility index (Phi) is 3.48. The van der Waals surface area contributed by atoms with E-state index < -0.39 is 0 Å². The molecule has 4 nitrogen and oxygen atoms in total. The van der Waals surface area contributed by atoms with Crippen molar-refractivity contribution in [2.45, 2.75) is 26.3 Å². The zero-order valence-electron chi connectivity index (χ0n) is 10.7. The summed E-state index contributed by atoms with van der Waals surface area (Å²) in [6, 6.07) is 6.74. The van der Waals surface area contributed by atoms with Gasteiger partial charge in [0.05, 0.1) is 11.1 Å². The van der Waals surface area contributed by atoms with Crippen LogP contribution in [0.1, 0.15) is 41.0 Å². The fraction of sp³-hybridized carbons (Fsp3) is 0.429. The van der Waals surface area contributed by atoms with Gasteiger partial charge in [-0.25, -0.2) is 0 Å². The third-order valence-corrected chi connectivity index (χ3v) is 3.07. The molecule has 0 aromatic heterocycles. The molecule has 0 fully saturated rings. The van der Waals surface area contributed by atoms with Gasteiger partial charge < -0.3 is 5.73 Å². The molecule has 1 aromatic carbocycles. The Labute approximate surface area is 107 Å². The standard InChI is InChI=1S/C14H18N2O2/c1-9(2)7-10(15)8-16-13(17)11-5-3-4-6-12(11)14(16)18/h3-6,9-10H,7-8,15H2,1-2H3/t10-/m1/s1.